The average Bonchev–Trinajstić information content (AvgIpc) is 3.21. The number of nitro benzene ring substituents is 1. The highest BCUT2D eigenvalue weighted by atomic mass is 19.1. The minimum absolute atomic E-state index is 0.0478. The lowest BCUT2D eigenvalue weighted by Gasteiger charge is -2.08. The minimum Gasteiger partial charge on any atom is -0.451 e. The molecular weight excluding hydrogens is 379 g/mol. The number of amides is 1. The molecule has 0 bridgehead atoms. The van der Waals surface area contributed by atoms with E-state index in [1.165, 1.54) is 47.1 Å². The van der Waals surface area contributed by atoms with Crippen molar-refractivity contribution in [3.63, 3.8) is 0 Å². The quantitative estimate of drug-likeness (QED) is 0.404. The number of hydrogen-bond acceptors (Lipinski definition) is 5. The zero-order valence-corrected chi connectivity index (χ0v) is 15.5. The zero-order chi connectivity index (χ0) is 20.7. The van der Waals surface area contributed by atoms with Gasteiger partial charge in [-0.1, -0.05) is 0 Å². The number of fused-ring (bicyclic) bond motifs is 1. The van der Waals surface area contributed by atoms with Crippen LogP contribution in [0, 0.1) is 29.8 Å². The fourth-order valence-electron chi connectivity index (χ4n) is 3.08. The maximum absolute atomic E-state index is 13.5. The first-order valence-electron chi connectivity index (χ1n) is 8.65. The molecule has 2 aromatic heterocycles. The molecule has 2 aromatic carbocycles. The third-order valence-corrected chi connectivity index (χ3v) is 4.48. The van der Waals surface area contributed by atoms with Gasteiger partial charge in [-0.3, -0.25) is 14.9 Å². The SMILES string of the molecule is Cc1cc(NC(=O)c2oc3ccc(F)cc3c2C)n(-c2ccc([N+](=O)[O-])cc2)n1. The van der Waals surface area contributed by atoms with Gasteiger partial charge in [0.05, 0.1) is 16.3 Å². The number of carbonyl (C=O) groups is 1. The molecule has 4 aromatic rings. The molecule has 0 spiro atoms. The normalized spacial score (nSPS) is 11.0. The molecule has 1 amide bonds. The van der Waals surface area contributed by atoms with E-state index in [4.69, 9.17) is 4.42 Å². The van der Waals surface area contributed by atoms with Gasteiger partial charge in [0, 0.05) is 29.1 Å². The first-order chi connectivity index (χ1) is 13.8. The van der Waals surface area contributed by atoms with E-state index >= 15 is 0 Å². The molecule has 0 saturated heterocycles. The van der Waals surface area contributed by atoms with Gasteiger partial charge >= 0.3 is 0 Å². The summed E-state index contributed by atoms with van der Waals surface area (Å²) in [5, 5.41) is 18.4. The van der Waals surface area contributed by atoms with E-state index in [0.717, 1.165) is 0 Å². The van der Waals surface area contributed by atoms with Gasteiger partial charge in [0.15, 0.2) is 5.76 Å². The van der Waals surface area contributed by atoms with Crippen LogP contribution in [-0.2, 0) is 0 Å². The summed E-state index contributed by atoms with van der Waals surface area (Å²) < 4.78 is 20.6. The average molecular weight is 394 g/mol. The van der Waals surface area contributed by atoms with Crippen molar-refractivity contribution in [3.05, 3.63) is 81.5 Å². The smallest absolute Gasteiger partial charge is 0.292 e. The van der Waals surface area contributed by atoms with E-state index in [9.17, 15) is 19.3 Å². The van der Waals surface area contributed by atoms with Crippen LogP contribution in [0.4, 0.5) is 15.9 Å². The topological polar surface area (TPSA) is 103 Å². The molecule has 4 rings (SSSR count). The lowest BCUT2D eigenvalue weighted by Crippen LogP contribution is -2.15. The Bertz CT molecular complexity index is 1260. The molecule has 0 radical (unpaired) electrons. The zero-order valence-electron chi connectivity index (χ0n) is 15.5. The number of aryl methyl sites for hydroxylation is 2. The van der Waals surface area contributed by atoms with E-state index < -0.39 is 16.6 Å². The van der Waals surface area contributed by atoms with Gasteiger partial charge in [-0.2, -0.15) is 5.10 Å². The van der Waals surface area contributed by atoms with Crippen LogP contribution in [0.25, 0.3) is 16.7 Å². The molecular formula is C20H15FN4O4. The second-order valence-corrected chi connectivity index (χ2v) is 6.51. The van der Waals surface area contributed by atoms with Crippen molar-refractivity contribution in [2.75, 3.05) is 5.32 Å². The molecule has 9 heteroatoms. The van der Waals surface area contributed by atoms with E-state index in [1.807, 2.05) is 0 Å². The molecule has 0 atom stereocenters. The fourth-order valence-corrected chi connectivity index (χ4v) is 3.08. The van der Waals surface area contributed by atoms with Gasteiger partial charge in [0.1, 0.15) is 17.2 Å². The summed E-state index contributed by atoms with van der Waals surface area (Å²) in [5.41, 5.74) is 2.07. The summed E-state index contributed by atoms with van der Waals surface area (Å²) >= 11 is 0. The summed E-state index contributed by atoms with van der Waals surface area (Å²) in [6.07, 6.45) is 0. The number of nitro groups is 1. The monoisotopic (exact) mass is 394 g/mol. The third-order valence-electron chi connectivity index (χ3n) is 4.48. The van der Waals surface area contributed by atoms with E-state index in [0.29, 0.717) is 33.7 Å². The lowest BCUT2D eigenvalue weighted by molar-refractivity contribution is -0.384. The Kier molecular flexibility index (Phi) is 4.34. The molecule has 29 heavy (non-hydrogen) atoms. The van der Waals surface area contributed by atoms with Crippen molar-refractivity contribution >= 4 is 28.4 Å². The Morgan fingerprint density at radius 2 is 1.90 bits per heavy atom. The highest BCUT2D eigenvalue weighted by Crippen LogP contribution is 2.27. The number of anilines is 1. The summed E-state index contributed by atoms with van der Waals surface area (Å²) in [7, 11) is 0. The van der Waals surface area contributed by atoms with Crippen molar-refractivity contribution in [1.82, 2.24) is 9.78 Å². The number of nitrogens with one attached hydrogen (secondary N) is 1. The summed E-state index contributed by atoms with van der Waals surface area (Å²) in [6.45, 7) is 3.44. The summed E-state index contributed by atoms with van der Waals surface area (Å²) in [5.74, 6) is -0.491. The molecule has 0 fully saturated rings. The summed E-state index contributed by atoms with van der Waals surface area (Å²) in [6, 6.07) is 11.5. The Morgan fingerprint density at radius 3 is 2.59 bits per heavy atom. The Balaban J connectivity index is 1.67. The van der Waals surface area contributed by atoms with Crippen LogP contribution in [0.2, 0.25) is 0 Å². The molecule has 8 nitrogen and oxygen atoms in total. The van der Waals surface area contributed by atoms with Crippen LogP contribution in [-0.4, -0.2) is 20.6 Å². The molecule has 0 aliphatic rings. The van der Waals surface area contributed by atoms with E-state index in [1.54, 1.807) is 19.9 Å². The molecule has 0 aliphatic heterocycles. The predicted molar refractivity (Wildman–Crippen MR) is 104 cm³/mol. The number of halogens is 1. The molecule has 1 N–H and O–H groups in total. The number of rotatable bonds is 4. The number of carbonyl (C=O) groups excluding carboxylic acids is 1. The highest BCUT2D eigenvalue weighted by Gasteiger charge is 2.20. The van der Waals surface area contributed by atoms with Gasteiger partial charge in [0.2, 0.25) is 0 Å². The second kappa shape index (κ2) is 6.86. The molecule has 0 saturated carbocycles. The Labute approximate surface area is 163 Å². The highest BCUT2D eigenvalue weighted by molar-refractivity contribution is 6.06. The first-order valence-corrected chi connectivity index (χ1v) is 8.65. The van der Waals surface area contributed by atoms with E-state index in [-0.39, 0.29) is 11.4 Å². The number of non-ortho nitro benzene ring substituents is 1. The number of nitrogens with zero attached hydrogens (tertiary/aromatic N) is 3. The van der Waals surface area contributed by atoms with Gasteiger partial charge in [-0.05, 0) is 44.2 Å². The minimum atomic E-state index is -0.512. The largest absolute Gasteiger partial charge is 0.451 e. The van der Waals surface area contributed by atoms with Crippen molar-refractivity contribution in [3.8, 4) is 5.69 Å². The molecule has 0 unspecified atom stereocenters. The molecule has 2 heterocycles. The standard InChI is InChI=1S/C20H15FN4O4/c1-11-9-18(24(23-11)14-4-6-15(7-5-14)25(27)28)22-20(26)19-12(2)16-10-13(21)3-8-17(16)29-19/h3-10H,1-2H3,(H,22,26). The summed E-state index contributed by atoms with van der Waals surface area (Å²) in [4.78, 5) is 23.1. The van der Waals surface area contributed by atoms with Crippen LogP contribution in [0.3, 0.4) is 0 Å². The first kappa shape index (κ1) is 18.4. The lowest BCUT2D eigenvalue weighted by atomic mass is 10.1. The van der Waals surface area contributed by atoms with Crippen molar-refractivity contribution in [2.45, 2.75) is 13.8 Å². The van der Waals surface area contributed by atoms with Crippen LogP contribution < -0.4 is 5.32 Å². The Morgan fingerprint density at radius 1 is 1.17 bits per heavy atom. The maximum Gasteiger partial charge on any atom is 0.292 e. The fraction of sp³-hybridized carbons (Fsp3) is 0.100. The van der Waals surface area contributed by atoms with Gasteiger partial charge in [-0.25, -0.2) is 9.07 Å². The van der Waals surface area contributed by atoms with Crippen molar-refractivity contribution in [2.24, 2.45) is 0 Å². The number of aromatic nitrogens is 2. The van der Waals surface area contributed by atoms with Crippen molar-refractivity contribution in [1.29, 1.82) is 0 Å². The Hall–Kier alpha value is -4.01. The second-order valence-electron chi connectivity index (χ2n) is 6.51. The van der Waals surface area contributed by atoms with Crippen LogP contribution in [0.5, 0.6) is 0 Å². The van der Waals surface area contributed by atoms with Crippen LogP contribution in [0.15, 0.2) is 52.9 Å². The maximum atomic E-state index is 13.5. The van der Waals surface area contributed by atoms with Crippen molar-refractivity contribution < 1.29 is 18.5 Å². The number of furan rings is 1. The number of benzene rings is 2. The van der Waals surface area contributed by atoms with Gasteiger partial charge in [0.25, 0.3) is 11.6 Å². The van der Waals surface area contributed by atoms with E-state index in [2.05, 4.69) is 10.4 Å². The molecule has 146 valence electrons. The van der Waals surface area contributed by atoms with Crippen LogP contribution >= 0.6 is 0 Å². The van der Waals surface area contributed by atoms with Gasteiger partial charge in [-0.15, -0.1) is 0 Å². The van der Waals surface area contributed by atoms with Crippen LogP contribution in [0.1, 0.15) is 21.8 Å². The van der Waals surface area contributed by atoms with Gasteiger partial charge < -0.3 is 9.73 Å². The number of hydrogen-bond donors (Lipinski definition) is 1. The third kappa shape index (κ3) is 3.33. The molecule has 0 aliphatic carbocycles. The predicted octanol–water partition coefficient (Wildman–Crippen LogP) is 4.53.